The predicted molar refractivity (Wildman–Crippen MR) is 176 cm³/mol. The van der Waals surface area contributed by atoms with Crippen LogP contribution in [-0.4, -0.2) is 59.0 Å². The highest BCUT2D eigenvalue weighted by Crippen LogP contribution is 2.24. The van der Waals surface area contributed by atoms with Gasteiger partial charge >= 0.3 is 0 Å². The molecule has 4 heterocycles. The molecule has 0 atom stereocenters. The van der Waals surface area contributed by atoms with Crippen LogP contribution in [0.4, 0.5) is 0 Å². The van der Waals surface area contributed by atoms with Crippen molar-refractivity contribution in [2.75, 3.05) is 39.3 Å². The van der Waals surface area contributed by atoms with E-state index < -0.39 is 0 Å². The maximum Gasteiger partial charge on any atom is 0.0705 e. The van der Waals surface area contributed by atoms with Crippen molar-refractivity contribution >= 4 is 11.1 Å². The van der Waals surface area contributed by atoms with E-state index in [0.717, 1.165) is 24.5 Å². The van der Waals surface area contributed by atoms with Crippen LogP contribution in [-0.2, 0) is 0 Å². The average Bonchev–Trinajstić information content (AvgIpc) is 3.76. The summed E-state index contributed by atoms with van der Waals surface area (Å²) in [6, 6.07) is 29.7. The van der Waals surface area contributed by atoms with Crippen LogP contribution in [0.3, 0.4) is 0 Å². The SMILES string of the molecule is Cc1ccc(/C(=C\CN2CCCC2)c2ccccn2)cc1.Cc1ccc(/C(=C\CN2CCCC2)c2ccccn2)cc1. The smallest absolute Gasteiger partial charge is 0.0705 e. The average molecular weight is 557 g/mol. The highest BCUT2D eigenvalue weighted by Gasteiger charge is 2.13. The Morgan fingerprint density at radius 3 is 1.26 bits per heavy atom. The number of pyridine rings is 2. The van der Waals surface area contributed by atoms with Crippen molar-refractivity contribution in [3.63, 3.8) is 0 Å². The van der Waals surface area contributed by atoms with Gasteiger partial charge in [0.25, 0.3) is 0 Å². The minimum Gasteiger partial charge on any atom is -0.300 e. The van der Waals surface area contributed by atoms with E-state index in [1.165, 1.54) is 85.3 Å². The first-order chi connectivity index (χ1) is 20.7. The van der Waals surface area contributed by atoms with Gasteiger partial charge in [-0.15, -0.1) is 0 Å². The lowest BCUT2D eigenvalue weighted by Gasteiger charge is -2.14. The van der Waals surface area contributed by atoms with E-state index in [0.29, 0.717) is 0 Å². The van der Waals surface area contributed by atoms with E-state index in [9.17, 15) is 0 Å². The number of hydrogen-bond donors (Lipinski definition) is 0. The van der Waals surface area contributed by atoms with Crippen molar-refractivity contribution in [1.29, 1.82) is 0 Å². The van der Waals surface area contributed by atoms with Crippen LogP contribution in [0.15, 0.2) is 109 Å². The maximum absolute atomic E-state index is 4.54. The van der Waals surface area contributed by atoms with Gasteiger partial charge in [0.05, 0.1) is 11.4 Å². The highest BCUT2D eigenvalue weighted by molar-refractivity contribution is 5.78. The van der Waals surface area contributed by atoms with Crippen LogP contribution in [0.25, 0.3) is 11.1 Å². The summed E-state index contributed by atoms with van der Waals surface area (Å²) in [5.74, 6) is 0. The zero-order valence-electron chi connectivity index (χ0n) is 25.3. The van der Waals surface area contributed by atoms with Gasteiger partial charge in [-0.25, -0.2) is 0 Å². The van der Waals surface area contributed by atoms with Crippen LogP contribution >= 0.6 is 0 Å². The molecule has 4 nitrogen and oxygen atoms in total. The van der Waals surface area contributed by atoms with Gasteiger partial charge in [-0.05, 0) is 101 Å². The number of aromatic nitrogens is 2. The number of likely N-dealkylation sites (tertiary alicyclic amines) is 2. The zero-order chi connectivity index (χ0) is 29.0. The Morgan fingerprint density at radius 2 is 0.929 bits per heavy atom. The molecule has 2 aromatic carbocycles. The summed E-state index contributed by atoms with van der Waals surface area (Å²) >= 11 is 0. The summed E-state index contributed by atoms with van der Waals surface area (Å²) in [6.45, 7) is 11.2. The largest absolute Gasteiger partial charge is 0.300 e. The standard InChI is InChI=1S/2C19H22N2/c2*1-16-7-9-17(10-8-16)18(19-6-2-3-12-20-19)11-15-21-13-4-5-14-21/h2*2-3,6-12H,4-5,13-15H2,1H3/b2*18-11+. The van der Waals surface area contributed by atoms with E-state index in [4.69, 9.17) is 0 Å². The molecule has 0 spiro atoms. The van der Waals surface area contributed by atoms with Crippen molar-refractivity contribution in [2.45, 2.75) is 39.5 Å². The van der Waals surface area contributed by atoms with Crippen LogP contribution in [0.2, 0.25) is 0 Å². The van der Waals surface area contributed by atoms with E-state index in [1.54, 1.807) is 0 Å². The fourth-order valence-electron chi connectivity index (χ4n) is 5.62. The second-order valence-corrected chi connectivity index (χ2v) is 11.4. The lowest BCUT2D eigenvalue weighted by atomic mass is 10.0. The highest BCUT2D eigenvalue weighted by atomic mass is 15.1. The molecule has 4 aromatic rings. The first-order valence-corrected chi connectivity index (χ1v) is 15.5. The first-order valence-electron chi connectivity index (χ1n) is 15.5. The van der Waals surface area contributed by atoms with Gasteiger partial charge in [0.2, 0.25) is 0 Å². The molecule has 0 radical (unpaired) electrons. The van der Waals surface area contributed by atoms with Crippen molar-refractivity contribution in [3.05, 3.63) is 143 Å². The summed E-state index contributed by atoms with van der Waals surface area (Å²) in [7, 11) is 0. The second-order valence-electron chi connectivity index (χ2n) is 11.4. The van der Waals surface area contributed by atoms with Crippen molar-refractivity contribution < 1.29 is 0 Å². The third-order valence-electron chi connectivity index (χ3n) is 8.11. The van der Waals surface area contributed by atoms with Crippen molar-refractivity contribution in [1.82, 2.24) is 19.8 Å². The summed E-state index contributed by atoms with van der Waals surface area (Å²) in [5, 5.41) is 0. The van der Waals surface area contributed by atoms with Gasteiger partial charge in [-0.3, -0.25) is 19.8 Å². The number of nitrogens with zero attached hydrogens (tertiary/aromatic N) is 4. The Hall–Kier alpha value is -3.86. The summed E-state index contributed by atoms with van der Waals surface area (Å²) in [6.07, 6.45) is 13.7. The third-order valence-corrected chi connectivity index (χ3v) is 8.11. The molecule has 0 bridgehead atoms. The van der Waals surface area contributed by atoms with Crippen molar-refractivity contribution in [3.8, 4) is 0 Å². The first kappa shape index (κ1) is 29.6. The molecule has 0 amide bonds. The number of rotatable bonds is 8. The molecule has 2 saturated heterocycles. The molecule has 2 aromatic heterocycles. The Balaban J connectivity index is 0.000000168. The van der Waals surface area contributed by atoms with Crippen LogP contribution in [0, 0.1) is 13.8 Å². The molecule has 4 heteroatoms. The van der Waals surface area contributed by atoms with E-state index in [-0.39, 0.29) is 0 Å². The molecular formula is C38H44N4. The molecular weight excluding hydrogens is 512 g/mol. The summed E-state index contributed by atoms with van der Waals surface area (Å²) < 4.78 is 0. The van der Waals surface area contributed by atoms with Gasteiger partial charge in [0.15, 0.2) is 0 Å². The van der Waals surface area contributed by atoms with Crippen molar-refractivity contribution in [2.24, 2.45) is 0 Å². The Bertz CT molecular complexity index is 1300. The molecule has 2 aliphatic rings. The monoisotopic (exact) mass is 556 g/mol. The Labute approximate surface area is 252 Å². The Morgan fingerprint density at radius 1 is 0.548 bits per heavy atom. The molecule has 2 aliphatic heterocycles. The minimum absolute atomic E-state index is 1.01. The van der Waals surface area contributed by atoms with Gasteiger partial charge < -0.3 is 0 Å². The minimum atomic E-state index is 1.01. The predicted octanol–water partition coefficient (Wildman–Crippen LogP) is 7.84. The fourth-order valence-corrected chi connectivity index (χ4v) is 5.62. The lowest BCUT2D eigenvalue weighted by Crippen LogP contribution is -2.19. The van der Waals surface area contributed by atoms with Crippen LogP contribution in [0.5, 0.6) is 0 Å². The molecule has 0 N–H and O–H groups in total. The summed E-state index contributed by atoms with van der Waals surface area (Å²) in [5.41, 5.74) is 9.67. The zero-order valence-corrected chi connectivity index (χ0v) is 25.3. The van der Waals surface area contributed by atoms with Crippen LogP contribution in [0.1, 0.15) is 59.3 Å². The summed E-state index contributed by atoms with van der Waals surface area (Å²) in [4.78, 5) is 14.1. The lowest BCUT2D eigenvalue weighted by molar-refractivity contribution is 0.377. The quantitative estimate of drug-likeness (QED) is 0.221. The number of benzene rings is 2. The molecule has 6 rings (SSSR count). The molecule has 216 valence electrons. The molecule has 0 unspecified atom stereocenters. The van der Waals surface area contributed by atoms with E-state index in [2.05, 4.69) is 119 Å². The number of aryl methyl sites for hydroxylation is 2. The normalized spacial score (nSPS) is 16.3. The molecule has 42 heavy (non-hydrogen) atoms. The maximum atomic E-state index is 4.54. The van der Waals surface area contributed by atoms with Gasteiger partial charge in [0, 0.05) is 36.6 Å². The molecule has 0 saturated carbocycles. The third kappa shape index (κ3) is 8.58. The molecule has 0 aliphatic carbocycles. The fraction of sp³-hybridized carbons (Fsp3) is 0.316. The van der Waals surface area contributed by atoms with Gasteiger partial charge in [-0.2, -0.15) is 0 Å². The topological polar surface area (TPSA) is 32.3 Å². The van der Waals surface area contributed by atoms with E-state index in [1.807, 2.05) is 24.5 Å². The Kier molecular flexibility index (Phi) is 10.9. The van der Waals surface area contributed by atoms with Gasteiger partial charge in [-0.1, -0.05) is 83.9 Å². The van der Waals surface area contributed by atoms with Gasteiger partial charge in [0.1, 0.15) is 0 Å². The van der Waals surface area contributed by atoms with Crippen LogP contribution < -0.4 is 0 Å². The second kappa shape index (κ2) is 15.4. The van der Waals surface area contributed by atoms with E-state index >= 15 is 0 Å². The molecule has 2 fully saturated rings. The number of hydrogen-bond acceptors (Lipinski definition) is 4.